The molecule has 33 heavy (non-hydrogen) atoms. The summed E-state index contributed by atoms with van der Waals surface area (Å²) in [4.78, 5) is 27.7. The molecule has 0 aliphatic carbocycles. The van der Waals surface area contributed by atoms with E-state index in [1.54, 1.807) is 11.1 Å². The Morgan fingerprint density at radius 3 is 2.52 bits per heavy atom. The summed E-state index contributed by atoms with van der Waals surface area (Å²) in [5, 5.41) is 0. The molecular formula is C25H35N5O3. The number of amidine groups is 1. The first kappa shape index (κ1) is 24.5. The maximum atomic E-state index is 12.5. The van der Waals surface area contributed by atoms with E-state index in [1.165, 1.54) is 0 Å². The number of hydrogen-bond acceptors (Lipinski definition) is 7. The van der Waals surface area contributed by atoms with Crippen LogP contribution in [0.1, 0.15) is 32.0 Å². The minimum absolute atomic E-state index is 0.270. The SMILES string of the molecule is C=C/C(=C1/N=C(N2CCN(C(=O)OC3(C)COC3)CC2)C=CN1C)c1cccnc1C.CC. The number of rotatable bonds is 3. The van der Waals surface area contributed by atoms with Gasteiger partial charge in [-0.25, -0.2) is 9.79 Å². The van der Waals surface area contributed by atoms with Crippen LogP contribution in [0.25, 0.3) is 5.57 Å². The first-order valence-electron chi connectivity index (χ1n) is 11.5. The Kier molecular flexibility index (Phi) is 7.92. The fourth-order valence-corrected chi connectivity index (χ4v) is 3.83. The summed E-state index contributed by atoms with van der Waals surface area (Å²) in [7, 11) is 1.97. The quantitative estimate of drug-likeness (QED) is 0.696. The number of carbonyl (C=O) groups excluding carboxylic acids is 1. The molecule has 0 radical (unpaired) electrons. The topological polar surface area (TPSA) is 70.5 Å². The molecule has 0 N–H and O–H groups in total. The maximum Gasteiger partial charge on any atom is 0.410 e. The van der Waals surface area contributed by atoms with Crippen molar-refractivity contribution in [3.05, 3.63) is 60.3 Å². The Morgan fingerprint density at radius 1 is 1.24 bits per heavy atom. The van der Waals surface area contributed by atoms with Crippen LogP contribution in [0, 0.1) is 6.92 Å². The van der Waals surface area contributed by atoms with Crippen LogP contribution in [-0.4, -0.2) is 83.7 Å². The van der Waals surface area contributed by atoms with Gasteiger partial charge in [-0.3, -0.25) is 4.98 Å². The number of aliphatic imine (C=N–C) groups is 1. The lowest BCUT2D eigenvalue weighted by Gasteiger charge is -2.41. The van der Waals surface area contributed by atoms with Crippen molar-refractivity contribution in [1.82, 2.24) is 19.7 Å². The highest BCUT2D eigenvalue weighted by molar-refractivity contribution is 5.96. The highest BCUT2D eigenvalue weighted by Gasteiger charge is 2.39. The van der Waals surface area contributed by atoms with Crippen LogP contribution in [0.5, 0.6) is 0 Å². The first-order valence-corrected chi connectivity index (χ1v) is 11.5. The van der Waals surface area contributed by atoms with Crippen molar-refractivity contribution in [2.24, 2.45) is 4.99 Å². The van der Waals surface area contributed by atoms with Gasteiger partial charge in [-0.1, -0.05) is 32.6 Å². The number of aromatic nitrogens is 1. The van der Waals surface area contributed by atoms with Gasteiger partial charge >= 0.3 is 6.09 Å². The predicted octanol–water partition coefficient (Wildman–Crippen LogP) is 3.67. The number of piperazine rings is 1. The molecule has 2 fully saturated rings. The van der Waals surface area contributed by atoms with E-state index in [0.29, 0.717) is 39.4 Å². The van der Waals surface area contributed by atoms with Crippen molar-refractivity contribution in [3.8, 4) is 0 Å². The summed E-state index contributed by atoms with van der Waals surface area (Å²) >= 11 is 0. The zero-order valence-corrected chi connectivity index (χ0v) is 20.4. The molecule has 0 spiro atoms. The molecule has 8 heteroatoms. The summed E-state index contributed by atoms with van der Waals surface area (Å²) in [6.45, 7) is 15.4. The van der Waals surface area contributed by atoms with E-state index in [4.69, 9.17) is 14.5 Å². The largest absolute Gasteiger partial charge is 0.438 e. The molecule has 0 unspecified atom stereocenters. The van der Waals surface area contributed by atoms with Gasteiger partial charge in [-0.2, -0.15) is 0 Å². The normalized spacial score (nSPS) is 20.8. The van der Waals surface area contributed by atoms with Crippen LogP contribution >= 0.6 is 0 Å². The van der Waals surface area contributed by atoms with E-state index in [-0.39, 0.29) is 6.09 Å². The highest BCUT2D eigenvalue weighted by Crippen LogP contribution is 2.27. The summed E-state index contributed by atoms with van der Waals surface area (Å²) in [6, 6.07) is 3.95. The van der Waals surface area contributed by atoms with Gasteiger partial charge in [0, 0.05) is 62.5 Å². The fourth-order valence-electron chi connectivity index (χ4n) is 3.83. The molecular weight excluding hydrogens is 418 g/mol. The third kappa shape index (κ3) is 5.45. The van der Waals surface area contributed by atoms with Crippen molar-refractivity contribution in [3.63, 3.8) is 0 Å². The number of nitrogens with zero attached hydrogens (tertiary/aromatic N) is 5. The predicted molar refractivity (Wildman–Crippen MR) is 131 cm³/mol. The van der Waals surface area contributed by atoms with Crippen LogP contribution in [0.4, 0.5) is 4.79 Å². The molecule has 0 saturated carbocycles. The Balaban J connectivity index is 0.00000149. The van der Waals surface area contributed by atoms with Gasteiger partial charge in [0.15, 0.2) is 5.60 Å². The number of ether oxygens (including phenoxy) is 2. The number of amides is 1. The fraction of sp³-hybridized carbons (Fsp3) is 0.480. The number of pyridine rings is 1. The first-order chi connectivity index (χ1) is 15.9. The summed E-state index contributed by atoms with van der Waals surface area (Å²) in [5.41, 5.74) is 2.40. The molecule has 1 aromatic rings. The van der Waals surface area contributed by atoms with Crippen molar-refractivity contribution < 1.29 is 14.3 Å². The van der Waals surface area contributed by atoms with Gasteiger partial charge in [0.1, 0.15) is 11.7 Å². The second kappa shape index (κ2) is 10.7. The van der Waals surface area contributed by atoms with Crippen LogP contribution in [0.3, 0.4) is 0 Å². The van der Waals surface area contributed by atoms with E-state index in [0.717, 1.165) is 28.5 Å². The number of carbonyl (C=O) groups is 1. The van der Waals surface area contributed by atoms with Crippen molar-refractivity contribution in [2.75, 3.05) is 46.4 Å². The summed E-state index contributed by atoms with van der Waals surface area (Å²) < 4.78 is 10.8. The Labute approximate surface area is 196 Å². The third-order valence-corrected chi connectivity index (χ3v) is 5.75. The molecule has 3 aliphatic rings. The molecule has 8 nitrogen and oxygen atoms in total. The van der Waals surface area contributed by atoms with Crippen LogP contribution in [0.15, 0.2) is 54.1 Å². The molecule has 4 rings (SSSR count). The molecule has 1 aromatic heterocycles. The molecule has 0 atom stereocenters. The van der Waals surface area contributed by atoms with Crippen molar-refractivity contribution in [2.45, 2.75) is 33.3 Å². The number of hydrogen-bond donors (Lipinski definition) is 0. The van der Waals surface area contributed by atoms with Crippen molar-refractivity contribution >= 4 is 17.5 Å². The average Bonchev–Trinajstić information content (AvgIpc) is 2.82. The van der Waals surface area contributed by atoms with Gasteiger partial charge in [0.2, 0.25) is 0 Å². The second-order valence-electron chi connectivity index (χ2n) is 8.26. The standard InChI is InChI=1S/C23H29N5O3.C2H6/c1-5-18(19-7-6-9-24-17(19)2)21-25-20(8-10-26(21)4)27-11-13-28(14-12-27)22(29)31-23(3)15-30-16-23;1-2/h5-10H,1,11-16H2,2-4H3;1-2H3/b21-18+;. The Morgan fingerprint density at radius 2 is 1.94 bits per heavy atom. The van der Waals surface area contributed by atoms with Crippen LogP contribution < -0.4 is 0 Å². The number of allylic oxidation sites excluding steroid dienone is 2. The van der Waals surface area contributed by atoms with Gasteiger partial charge in [-0.05, 0) is 26.0 Å². The van der Waals surface area contributed by atoms with E-state index < -0.39 is 5.60 Å². The zero-order valence-electron chi connectivity index (χ0n) is 20.4. The van der Waals surface area contributed by atoms with E-state index >= 15 is 0 Å². The van der Waals surface area contributed by atoms with Crippen molar-refractivity contribution in [1.29, 1.82) is 0 Å². The molecule has 0 bridgehead atoms. The minimum atomic E-state index is -0.486. The summed E-state index contributed by atoms with van der Waals surface area (Å²) in [5.74, 6) is 1.70. The average molecular weight is 454 g/mol. The smallest absolute Gasteiger partial charge is 0.410 e. The second-order valence-corrected chi connectivity index (χ2v) is 8.26. The molecule has 2 saturated heterocycles. The highest BCUT2D eigenvalue weighted by atomic mass is 16.6. The molecule has 4 heterocycles. The van der Waals surface area contributed by atoms with E-state index in [9.17, 15) is 4.79 Å². The zero-order chi connectivity index (χ0) is 24.0. The van der Waals surface area contributed by atoms with E-state index in [1.807, 2.05) is 70.1 Å². The Hall–Kier alpha value is -3.13. The Bertz CT molecular complexity index is 957. The molecule has 3 aliphatic heterocycles. The van der Waals surface area contributed by atoms with Crippen LogP contribution in [-0.2, 0) is 9.47 Å². The lowest BCUT2D eigenvalue weighted by Crippen LogP contribution is -2.56. The monoisotopic (exact) mass is 453 g/mol. The van der Waals surface area contributed by atoms with Crippen LogP contribution in [0.2, 0.25) is 0 Å². The van der Waals surface area contributed by atoms with Gasteiger partial charge < -0.3 is 24.2 Å². The number of aryl methyl sites for hydroxylation is 1. The summed E-state index contributed by atoms with van der Waals surface area (Å²) in [6.07, 6.45) is 7.35. The third-order valence-electron chi connectivity index (χ3n) is 5.75. The molecule has 178 valence electrons. The lowest BCUT2D eigenvalue weighted by molar-refractivity contribution is -0.172. The van der Waals surface area contributed by atoms with E-state index in [2.05, 4.69) is 16.5 Å². The lowest BCUT2D eigenvalue weighted by atomic mass is 10.0. The van der Waals surface area contributed by atoms with Gasteiger partial charge in [0.25, 0.3) is 0 Å². The minimum Gasteiger partial charge on any atom is -0.438 e. The molecule has 0 aromatic carbocycles. The maximum absolute atomic E-state index is 12.5. The van der Waals surface area contributed by atoms with Gasteiger partial charge in [-0.15, -0.1) is 0 Å². The molecule has 1 amide bonds. The van der Waals surface area contributed by atoms with Gasteiger partial charge in [0.05, 0.1) is 13.2 Å².